The van der Waals surface area contributed by atoms with Crippen molar-refractivity contribution in [1.82, 2.24) is 15.3 Å². The van der Waals surface area contributed by atoms with Crippen LogP contribution in [0, 0.1) is 0 Å². The second-order valence-corrected chi connectivity index (χ2v) is 4.58. The van der Waals surface area contributed by atoms with E-state index in [1.165, 1.54) is 0 Å². The van der Waals surface area contributed by atoms with Crippen LogP contribution in [0.2, 0.25) is 0 Å². The van der Waals surface area contributed by atoms with E-state index < -0.39 is 0 Å². The lowest BCUT2D eigenvalue weighted by Gasteiger charge is -2.09. The van der Waals surface area contributed by atoms with Crippen LogP contribution in [-0.4, -0.2) is 22.4 Å². The number of carbonyl (C=O) groups is 1. The molecule has 0 atom stereocenters. The molecule has 0 aliphatic rings. The topological polar surface area (TPSA) is 54.9 Å². The van der Waals surface area contributed by atoms with Gasteiger partial charge in [-0.3, -0.25) is 4.79 Å². The van der Waals surface area contributed by atoms with Crippen LogP contribution in [0.3, 0.4) is 0 Å². The van der Waals surface area contributed by atoms with Gasteiger partial charge in [0, 0.05) is 24.5 Å². The van der Waals surface area contributed by atoms with Crippen LogP contribution in [-0.2, 0) is 0 Å². The van der Waals surface area contributed by atoms with Gasteiger partial charge >= 0.3 is 0 Å². The minimum Gasteiger partial charge on any atom is -0.352 e. The van der Waals surface area contributed by atoms with Gasteiger partial charge in [0.25, 0.3) is 5.91 Å². The van der Waals surface area contributed by atoms with Gasteiger partial charge in [0.2, 0.25) is 0 Å². The van der Waals surface area contributed by atoms with E-state index in [0.29, 0.717) is 17.9 Å². The summed E-state index contributed by atoms with van der Waals surface area (Å²) in [6.45, 7) is 2.85. The predicted octanol–water partition coefficient (Wildman–Crippen LogP) is 3.06. The van der Waals surface area contributed by atoms with Crippen LogP contribution < -0.4 is 5.32 Å². The fraction of sp³-hybridized carbons (Fsp3) is 0.312. The molecule has 4 nitrogen and oxygen atoms in total. The molecule has 0 radical (unpaired) electrons. The summed E-state index contributed by atoms with van der Waals surface area (Å²) >= 11 is 0. The molecule has 0 aliphatic heterocycles. The second kappa shape index (κ2) is 7.38. The number of nitrogens with one attached hydrogen (secondary N) is 1. The molecular formula is C16H19N3O. The molecule has 4 heteroatoms. The molecule has 0 aliphatic carbocycles. The van der Waals surface area contributed by atoms with Crippen molar-refractivity contribution < 1.29 is 4.79 Å². The van der Waals surface area contributed by atoms with Crippen molar-refractivity contribution >= 4 is 5.91 Å². The Morgan fingerprint density at radius 3 is 2.60 bits per heavy atom. The molecule has 2 aromatic rings. The summed E-state index contributed by atoms with van der Waals surface area (Å²) in [7, 11) is 0. The number of unbranched alkanes of at least 4 members (excludes halogenated alkanes) is 2. The number of hydrogen-bond donors (Lipinski definition) is 1. The van der Waals surface area contributed by atoms with E-state index in [1.54, 1.807) is 24.5 Å². The maximum absolute atomic E-state index is 12.2. The molecule has 2 rings (SSSR count). The van der Waals surface area contributed by atoms with Gasteiger partial charge in [-0.25, -0.2) is 9.97 Å². The normalized spacial score (nSPS) is 10.2. The number of amides is 1. The second-order valence-electron chi connectivity index (χ2n) is 4.58. The summed E-state index contributed by atoms with van der Waals surface area (Å²) in [6.07, 6.45) is 6.64. The average molecular weight is 269 g/mol. The first kappa shape index (κ1) is 14.2. The minimum absolute atomic E-state index is 0.0656. The summed E-state index contributed by atoms with van der Waals surface area (Å²) in [5.74, 6) is 0.510. The van der Waals surface area contributed by atoms with Crippen molar-refractivity contribution in [3.63, 3.8) is 0 Å². The SMILES string of the molecule is CCCCCNC(=O)c1ccccc1-c1ncccn1. The molecule has 104 valence electrons. The van der Waals surface area contributed by atoms with Gasteiger partial charge in [-0.2, -0.15) is 0 Å². The lowest BCUT2D eigenvalue weighted by molar-refractivity contribution is 0.0953. The minimum atomic E-state index is -0.0656. The van der Waals surface area contributed by atoms with Gasteiger partial charge in [-0.05, 0) is 18.6 Å². The Morgan fingerprint density at radius 2 is 1.85 bits per heavy atom. The maximum atomic E-state index is 12.2. The molecule has 1 N–H and O–H groups in total. The third-order valence-corrected chi connectivity index (χ3v) is 3.04. The van der Waals surface area contributed by atoms with Crippen LogP contribution >= 0.6 is 0 Å². The smallest absolute Gasteiger partial charge is 0.252 e. The molecule has 1 amide bonds. The Balaban J connectivity index is 2.14. The first-order valence-electron chi connectivity index (χ1n) is 6.97. The van der Waals surface area contributed by atoms with Crippen LogP contribution in [0.25, 0.3) is 11.4 Å². The van der Waals surface area contributed by atoms with E-state index in [2.05, 4.69) is 22.2 Å². The highest BCUT2D eigenvalue weighted by atomic mass is 16.1. The third-order valence-electron chi connectivity index (χ3n) is 3.04. The molecule has 20 heavy (non-hydrogen) atoms. The van der Waals surface area contributed by atoms with E-state index in [0.717, 1.165) is 24.8 Å². The highest BCUT2D eigenvalue weighted by Gasteiger charge is 2.13. The van der Waals surface area contributed by atoms with E-state index in [1.807, 2.05) is 18.2 Å². The number of nitrogens with zero attached hydrogens (tertiary/aromatic N) is 2. The van der Waals surface area contributed by atoms with E-state index in [9.17, 15) is 4.79 Å². The fourth-order valence-electron chi connectivity index (χ4n) is 1.99. The van der Waals surface area contributed by atoms with E-state index >= 15 is 0 Å². The average Bonchev–Trinajstić information content (AvgIpc) is 2.52. The van der Waals surface area contributed by atoms with Crippen LogP contribution in [0.15, 0.2) is 42.7 Å². The molecule has 1 aromatic heterocycles. The Labute approximate surface area is 119 Å². The zero-order chi connectivity index (χ0) is 14.2. The maximum Gasteiger partial charge on any atom is 0.252 e. The quantitative estimate of drug-likeness (QED) is 0.820. The zero-order valence-electron chi connectivity index (χ0n) is 11.7. The lowest BCUT2D eigenvalue weighted by atomic mass is 10.1. The predicted molar refractivity (Wildman–Crippen MR) is 79.3 cm³/mol. The summed E-state index contributed by atoms with van der Waals surface area (Å²) in [6, 6.07) is 9.18. The number of benzene rings is 1. The molecular weight excluding hydrogens is 250 g/mol. The first-order chi connectivity index (χ1) is 9.83. The van der Waals surface area contributed by atoms with Crippen molar-refractivity contribution in [3.05, 3.63) is 48.3 Å². The third kappa shape index (κ3) is 3.63. The van der Waals surface area contributed by atoms with Crippen molar-refractivity contribution in [2.24, 2.45) is 0 Å². The van der Waals surface area contributed by atoms with Crippen molar-refractivity contribution in [1.29, 1.82) is 0 Å². The molecule has 0 spiro atoms. The lowest BCUT2D eigenvalue weighted by Crippen LogP contribution is -2.25. The van der Waals surface area contributed by atoms with Gasteiger partial charge in [0.15, 0.2) is 5.82 Å². The van der Waals surface area contributed by atoms with E-state index in [-0.39, 0.29) is 5.91 Å². The summed E-state index contributed by atoms with van der Waals surface area (Å²) in [5.41, 5.74) is 1.39. The highest BCUT2D eigenvalue weighted by molar-refractivity contribution is 6.00. The monoisotopic (exact) mass is 269 g/mol. The molecule has 1 heterocycles. The number of hydrogen-bond acceptors (Lipinski definition) is 3. The van der Waals surface area contributed by atoms with Crippen molar-refractivity contribution in [2.75, 3.05) is 6.54 Å². The molecule has 0 saturated heterocycles. The number of aromatic nitrogens is 2. The fourth-order valence-corrected chi connectivity index (χ4v) is 1.99. The van der Waals surface area contributed by atoms with Crippen LogP contribution in [0.4, 0.5) is 0 Å². The van der Waals surface area contributed by atoms with Crippen molar-refractivity contribution in [2.45, 2.75) is 26.2 Å². The van der Waals surface area contributed by atoms with Gasteiger partial charge < -0.3 is 5.32 Å². The van der Waals surface area contributed by atoms with Gasteiger partial charge in [-0.1, -0.05) is 38.0 Å². The Morgan fingerprint density at radius 1 is 1.10 bits per heavy atom. The standard InChI is InChI=1S/C16H19N3O/c1-2-3-6-10-19-16(20)14-9-5-4-8-13(14)15-17-11-7-12-18-15/h4-5,7-9,11-12H,2-3,6,10H2,1H3,(H,19,20). The molecule has 0 fully saturated rings. The van der Waals surface area contributed by atoms with Crippen LogP contribution in [0.1, 0.15) is 36.5 Å². The Bertz CT molecular complexity index is 555. The van der Waals surface area contributed by atoms with Crippen molar-refractivity contribution in [3.8, 4) is 11.4 Å². The van der Waals surface area contributed by atoms with Gasteiger partial charge in [0.05, 0.1) is 5.56 Å². The summed E-state index contributed by atoms with van der Waals surface area (Å²) < 4.78 is 0. The van der Waals surface area contributed by atoms with Gasteiger partial charge in [0.1, 0.15) is 0 Å². The number of rotatable bonds is 6. The largest absolute Gasteiger partial charge is 0.352 e. The Kier molecular flexibility index (Phi) is 5.24. The number of carbonyl (C=O) groups excluding carboxylic acids is 1. The molecule has 0 unspecified atom stereocenters. The Hall–Kier alpha value is -2.23. The van der Waals surface area contributed by atoms with Crippen LogP contribution in [0.5, 0.6) is 0 Å². The summed E-state index contributed by atoms with van der Waals surface area (Å²) in [4.78, 5) is 20.7. The first-order valence-corrected chi connectivity index (χ1v) is 6.97. The molecule has 1 aromatic carbocycles. The summed E-state index contributed by atoms with van der Waals surface area (Å²) in [5, 5.41) is 2.95. The highest BCUT2D eigenvalue weighted by Crippen LogP contribution is 2.19. The van der Waals surface area contributed by atoms with Gasteiger partial charge in [-0.15, -0.1) is 0 Å². The zero-order valence-corrected chi connectivity index (χ0v) is 11.7. The van der Waals surface area contributed by atoms with E-state index in [4.69, 9.17) is 0 Å². The molecule has 0 saturated carbocycles. The molecule has 0 bridgehead atoms.